The van der Waals surface area contributed by atoms with Crippen LogP contribution in [0.25, 0.3) is 0 Å². The first kappa shape index (κ1) is 29.2. The van der Waals surface area contributed by atoms with Crippen molar-refractivity contribution in [1.29, 1.82) is 0 Å². The van der Waals surface area contributed by atoms with Crippen LogP contribution in [0.15, 0.2) is 0 Å². The number of rotatable bonds is 15. The van der Waals surface area contributed by atoms with E-state index in [1.807, 2.05) is 6.26 Å². The predicted octanol–water partition coefficient (Wildman–Crippen LogP) is -1.76. The quantitative estimate of drug-likeness (QED) is 0.148. The molecule has 8 N–H and O–H groups in total. The summed E-state index contributed by atoms with van der Waals surface area (Å²) < 4.78 is 0. The second-order valence-corrected chi connectivity index (χ2v) is 8.96. The molecule has 1 rings (SSSR count). The van der Waals surface area contributed by atoms with E-state index in [1.165, 1.54) is 16.7 Å². The number of thioether (sulfide) groups is 1. The number of carboxylic acids is 2. The van der Waals surface area contributed by atoms with Gasteiger partial charge in [0.2, 0.25) is 23.6 Å². The normalized spacial score (nSPS) is 17.9. The third kappa shape index (κ3) is 9.55. The van der Waals surface area contributed by atoms with Gasteiger partial charge in [0, 0.05) is 19.4 Å². The summed E-state index contributed by atoms with van der Waals surface area (Å²) in [6, 6.07) is -4.46. The van der Waals surface area contributed by atoms with Gasteiger partial charge in [-0.3, -0.25) is 24.0 Å². The van der Waals surface area contributed by atoms with Crippen LogP contribution >= 0.6 is 11.8 Å². The van der Waals surface area contributed by atoms with E-state index < -0.39 is 60.2 Å². The van der Waals surface area contributed by atoms with Crippen molar-refractivity contribution in [3.05, 3.63) is 0 Å². The van der Waals surface area contributed by atoms with Gasteiger partial charge >= 0.3 is 11.9 Å². The molecule has 0 aromatic carbocycles. The lowest BCUT2D eigenvalue weighted by molar-refractivity contribution is -0.144. The molecule has 0 saturated carbocycles. The lowest BCUT2D eigenvalue weighted by atomic mass is 10.1. The molecular formula is C20H33N5O8S. The molecule has 192 valence electrons. The molecule has 4 atom stereocenters. The van der Waals surface area contributed by atoms with E-state index in [4.69, 9.17) is 16.6 Å². The molecule has 14 heteroatoms. The Labute approximate surface area is 201 Å². The molecule has 1 saturated heterocycles. The Morgan fingerprint density at radius 2 is 1.68 bits per heavy atom. The summed E-state index contributed by atoms with van der Waals surface area (Å²) in [4.78, 5) is 73.1. The second-order valence-electron chi connectivity index (χ2n) is 7.98. The summed E-state index contributed by atoms with van der Waals surface area (Å²) in [5.41, 5.74) is 11.0. The lowest BCUT2D eigenvalue weighted by Gasteiger charge is -2.28. The van der Waals surface area contributed by atoms with Crippen LogP contribution in [-0.4, -0.2) is 93.4 Å². The number of aliphatic carboxylic acids is 2. The highest BCUT2D eigenvalue weighted by atomic mass is 32.2. The van der Waals surface area contributed by atoms with Crippen LogP contribution in [0.3, 0.4) is 0 Å². The van der Waals surface area contributed by atoms with Crippen LogP contribution in [0.4, 0.5) is 0 Å². The molecule has 0 spiro atoms. The number of likely N-dealkylation sites (tertiary alicyclic amines) is 1. The Balaban J connectivity index is 2.92. The molecular weight excluding hydrogens is 470 g/mol. The largest absolute Gasteiger partial charge is 0.481 e. The Morgan fingerprint density at radius 3 is 2.24 bits per heavy atom. The number of carbonyl (C=O) groups excluding carboxylic acids is 4. The van der Waals surface area contributed by atoms with E-state index in [0.717, 1.165) is 0 Å². The first-order chi connectivity index (χ1) is 16.0. The van der Waals surface area contributed by atoms with Crippen molar-refractivity contribution >= 4 is 47.3 Å². The molecule has 1 heterocycles. The van der Waals surface area contributed by atoms with Gasteiger partial charge in [-0.15, -0.1) is 0 Å². The number of carboxylic acid groups (broad SMARTS) is 2. The first-order valence-electron chi connectivity index (χ1n) is 10.9. The highest BCUT2D eigenvalue weighted by molar-refractivity contribution is 7.98. The molecule has 0 aliphatic carbocycles. The highest BCUT2D eigenvalue weighted by Gasteiger charge is 2.38. The van der Waals surface area contributed by atoms with Crippen molar-refractivity contribution in [2.45, 2.75) is 69.1 Å². The summed E-state index contributed by atoms with van der Waals surface area (Å²) in [6.07, 6.45) is 1.89. The van der Waals surface area contributed by atoms with Gasteiger partial charge in [0.15, 0.2) is 0 Å². The van der Waals surface area contributed by atoms with Crippen LogP contribution in [0, 0.1) is 0 Å². The SMILES string of the molecule is CSCCC(N)C(=O)N1CCCC1C(=O)NC(CCC(=O)O)C(=O)NC(CCC(N)=O)C(=O)O. The van der Waals surface area contributed by atoms with E-state index in [0.29, 0.717) is 31.6 Å². The summed E-state index contributed by atoms with van der Waals surface area (Å²) in [6.45, 7) is 0.323. The highest BCUT2D eigenvalue weighted by Crippen LogP contribution is 2.19. The van der Waals surface area contributed by atoms with Crippen LogP contribution in [0.5, 0.6) is 0 Å². The molecule has 4 unspecified atom stereocenters. The van der Waals surface area contributed by atoms with Gasteiger partial charge in [0.1, 0.15) is 18.1 Å². The fourth-order valence-corrected chi connectivity index (χ4v) is 3.99. The number of amides is 4. The summed E-state index contributed by atoms with van der Waals surface area (Å²) in [5, 5.41) is 22.9. The minimum absolute atomic E-state index is 0.269. The standard InChI is InChI=1S/C20H33N5O8S/c1-34-10-8-11(21)19(31)25-9-2-3-14(25)18(30)23-12(5-7-16(27)28)17(29)24-13(20(32)33)4-6-15(22)26/h11-14H,2-10,21H2,1H3,(H2,22,26)(H,23,30)(H,24,29)(H,27,28)(H,32,33). The summed E-state index contributed by atoms with van der Waals surface area (Å²) in [7, 11) is 0. The minimum atomic E-state index is -1.46. The Morgan fingerprint density at radius 1 is 1.03 bits per heavy atom. The number of primary amides is 1. The summed E-state index contributed by atoms with van der Waals surface area (Å²) >= 11 is 1.54. The monoisotopic (exact) mass is 503 g/mol. The molecule has 0 aromatic rings. The molecule has 0 bridgehead atoms. The van der Waals surface area contributed by atoms with Crippen molar-refractivity contribution in [2.24, 2.45) is 11.5 Å². The number of carbonyl (C=O) groups is 6. The van der Waals surface area contributed by atoms with Gasteiger partial charge in [-0.05, 0) is 44.1 Å². The van der Waals surface area contributed by atoms with Crippen molar-refractivity contribution in [1.82, 2.24) is 15.5 Å². The third-order valence-corrected chi connectivity index (χ3v) is 6.01. The zero-order chi connectivity index (χ0) is 25.8. The van der Waals surface area contributed by atoms with Crippen LogP contribution in [0.1, 0.15) is 44.9 Å². The van der Waals surface area contributed by atoms with Gasteiger partial charge in [0.25, 0.3) is 0 Å². The van der Waals surface area contributed by atoms with Crippen LogP contribution in [0.2, 0.25) is 0 Å². The zero-order valence-electron chi connectivity index (χ0n) is 19.0. The smallest absolute Gasteiger partial charge is 0.326 e. The molecule has 1 aliphatic rings. The summed E-state index contributed by atoms with van der Waals surface area (Å²) in [5.74, 6) is -4.65. The number of nitrogens with one attached hydrogen (secondary N) is 2. The van der Waals surface area contributed by atoms with Crippen LogP contribution in [-0.2, 0) is 28.8 Å². The van der Waals surface area contributed by atoms with Crippen molar-refractivity contribution in [2.75, 3.05) is 18.6 Å². The maximum atomic E-state index is 12.9. The molecule has 1 fully saturated rings. The zero-order valence-corrected chi connectivity index (χ0v) is 19.8. The van der Waals surface area contributed by atoms with E-state index in [9.17, 15) is 33.9 Å². The molecule has 0 aromatic heterocycles. The van der Waals surface area contributed by atoms with E-state index in [-0.39, 0.29) is 25.2 Å². The lowest BCUT2D eigenvalue weighted by Crippen LogP contribution is -2.56. The first-order valence-corrected chi connectivity index (χ1v) is 12.3. The maximum absolute atomic E-state index is 12.9. The van der Waals surface area contributed by atoms with Gasteiger partial charge in [-0.2, -0.15) is 11.8 Å². The van der Waals surface area contributed by atoms with E-state index >= 15 is 0 Å². The molecule has 0 radical (unpaired) electrons. The van der Waals surface area contributed by atoms with Gasteiger partial charge < -0.3 is 37.2 Å². The molecule has 1 aliphatic heterocycles. The van der Waals surface area contributed by atoms with Gasteiger partial charge in [-0.25, -0.2) is 4.79 Å². The van der Waals surface area contributed by atoms with Crippen LogP contribution < -0.4 is 22.1 Å². The number of hydrogen-bond acceptors (Lipinski definition) is 8. The average Bonchev–Trinajstić information content (AvgIpc) is 3.26. The van der Waals surface area contributed by atoms with Gasteiger partial charge in [-0.1, -0.05) is 0 Å². The van der Waals surface area contributed by atoms with E-state index in [2.05, 4.69) is 10.6 Å². The fourth-order valence-electron chi connectivity index (χ4n) is 3.51. The Kier molecular flexibility index (Phi) is 12.4. The van der Waals surface area contributed by atoms with Crippen molar-refractivity contribution < 1.29 is 39.0 Å². The molecule has 34 heavy (non-hydrogen) atoms. The maximum Gasteiger partial charge on any atom is 0.326 e. The Bertz CT molecular complexity index is 780. The predicted molar refractivity (Wildman–Crippen MR) is 123 cm³/mol. The number of nitrogens with two attached hydrogens (primary N) is 2. The van der Waals surface area contributed by atoms with Crippen molar-refractivity contribution in [3.63, 3.8) is 0 Å². The number of hydrogen-bond donors (Lipinski definition) is 6. The second kappa shape index (κ2) is 14.4. The van der Waals surface area contributed by atoms with Crippen molar-refractivity contribution in [3.8, 4) is 0 Å². The Hall–Kier alpha value is -2.87. The topological polar surface area (TPSA) is 222 Å². The minimum Gasteiger partial charge on any atom is -0.481 e. The third-order valence-electron chi connectivity index (χ3n) is 5.36. The number of nitrogens with zero attached hydrogens (tertiary/aromatic N) is 1. The molecule has 13 nitrogen and oxygen atoms in total. The fraction of sp³-hybridized carbons (Fsp3) is 0.700. The molecule has 4 amide bonds. The van der Waals surface area contributed by atoms with Gasteiger partial charge in [0.05, 0.1) is 6.04 Å². The van der Waals surface area contributed by atoms with E-state index in [1.54, 1.807) is 0 Å². The average molecular weight is 504 g/mol.